The molecule has 26 heavy (non-hydrogen) atoms. The molecule has 3 rings (SSSR count). The van der Waals surface area contributed by atoms with Gasteiger partial charge in [-0.3, -0.25) is 4.79 Å². The molecule has 0 amide bonds. The van der Waals surface area contributed by atoms with Gasteiger partial charge >= 0.3 is 5.97 Å². The maximum Gasteiger partial charge on any atom is 0.341 e. The Bertz CT molecular complexity index is 1040. The van der Waals surface area contributed by atoms with Crippen molar-refractivity contribution in [2.75, 3.05) is 14.1 Å². The number of aromatic carboxylic acids is 1. The van der Waals surface area contributed by atoms with Gasteiger partial charge in [0.1, 0.15) is 5.56 Å². The normalized spacial score (nSPS) is 11.4. The zero-order valence-electron chi connectivity index (χ0n) is 15.5. The number of benzene rings is 1. The van der Waals surface area contributed by atoms with Crippen LogP contribution in [0.15, 0.2) is 35.3 Å². The Morgan fingerprint density at radius 1 is 1.23 bits per heavy atom. The molecule has 2 aromatic heterocycles. The van der Waals surface area contributed by atoms with E-state index in [2.05, 4.69) is 26.7 Å². The van der Waals surface area contributed by atoms with Crippen molar-refractivity contribution in [1.29, 1.82) is 0 Å². The second-order valence-corrected chi connectivity index (χ2v) is 6.81. The van der Waals surface area contributed by atoms with Gasteiger partial charge in [0, 0.05) is 30.7 Å². The van der Waals surface area contributed by atoms with E-state index in [9.17, 15) is 14.7 Å². The van der Waals surface area contributed by atoms with E-state index < -0.39 is 11.5 Å². The van der Waals surface area contributed by atoms with E-state index in [1.165, 1.54) is 11.6 Å². The maximum absolute atomic E-state index is 12.2. The number of aromatic nitrogens is 2. The smallest absolute Gasteiger partial charge is 0.341 e. The molecule has 0 unspecified atom stereocenters. The number of aryl methyl sites for hydroxylation is 2. The molecule has 0 spiro atoms. The molecule has 1 aromatic carbocycles. The molecule has 0 aliphatic heterocycles. The molecule has 0 aliphatic rings. The molecule has 0 saturated carbocycles. The summed E-state index contributed by atoms with van der Waals surface area (Å²) in [5.41, 5.74) is 3.90. The number of hydrogen-bond donors (Lipinski definition) is 2. The van der Waals surface area contributed by atoms with Crippen LogP contribution in [0.2, 0.25) is 0 Å². The molecule has 6 nitrogen and oxygen atoms in total. The van der Waals surface area contributed by atoms with Gasteiger partial charge in [-0.25, -0.2) is 4.79 Å². The number of carboxylic acid groups (broad SMARTS) is 1. The Hall–Kier alpha value is -2.86. The van der Waals surface area contributed by atoms with Gasteiger partial charge in [-0.1, -0.05) is 13.0 Å². The Kier molecular flexibility index (Phi) is 4.70. The van der Waals surface area contributed by atoms with Gasteiger partial charge in [0.25, 0.3) is 5.56 Å². The van der Waals surface area contributed by atoms with Crippen LogP contribution in [-0.4, -0.2) is 39.6 Å². The Labute approximate surface area is 151 Å². The van der Waals surface area contributed by atoms with Crippen LogP contribution in [0.5, 0.6) is 0 Å². The van der Waals surface area contributed by atoms with Crippen LogP contribution in [0.1, 0.15) is 28.4 Å². The van der Waals surface area contributed by atoms with Gasteiger partial charge in [-0.05, 0) is 55.4 Å². The third kappa shape index (κ3) is 3.15. The predicted molar refractivity (Wildman–Crippen MR) is 103 cm³/mol. The van der Waals surface area contributed by atoms with Crippen molar-refractivity contribution in [3.05, 3.63) is 57.5 Å². The Morgan fingerprint density at radius 2 is 1.96 bits per heavy atom. The molecule has 0 bridgehead atoms. The fourth-order valence-corrected chi connectivity index (χ4v) is 3.36. The van der Waals surface area contributed by atoms with Crippen molar-refractivity contribution < 1.29 is 9.90 Å². The number of nitrogens with zero attached hydrogens (tertiary/aromatic N) is 2. The first-order chi connectivity index (χ1) is 12.3. The molecule has 0 radical (unpaired) electrons. The van der Waals surface area contributed by atoms with Crippen molar-refractivity contribution in [3.8, 4) is 11.3 Å². The first kappa shape index (κ1) is 17.9. The van der Waals surface area contributed by atoms with Crippen molar-refractivity contribution in [2.45, 2.75) is 19.9 Å². The monoisotopic (exact) mass is 353 g/mol. The van der Waals surface area contributed by atoms with Crippen LogP contribution in [0.25, 0.3) is 22.2 Å². The molecule has 2 heterocycles. The third-order valence-corrected chi connectivity index (χ3v) is 4.58. The van der Waals surface area contributed by atoms with E-state index in [1.54, 1.807) is 0 Å². The minimum absolute atomic E-state index is 0.223. The van der Waals surface area contributed by atoms with Crippen LogP contribution >= 0.6 is 0 Å². The van der Waals surface area contributed by atoms with E-state index in [0.29, 0.717) is 12.1 Å². The molecule has 0 saturated heterocycles. The van der Waals surface area contributed by atoms with Crippen LogP contribution in [0.3, 0.4) is 0 Å². The van der Waals surface area contributed by atoms with Gasteiger partial charge in [0.15, 0.2) is 0 Å². The van der Waals surface area contributed by atoms with Crippen LogP contribution in [0.4, 0.5) is 0 Å². The largest absolute Gasteiger partial charge is 0.477 e. The number of pyridine rings is 1. The highest BCUT2D eigenvalue weighted by Gasteiger charge is 2.15. The summed E-state index contributed by atoms with van der Waals surface area (Å²) in [5, 5.41) is 10.3. The van der Waals surface area contributed by atoms with Crippen LogP contribution in [0, 0.1) is 0 Å². The lowest BCUT2D eigenvalue weighted by molar-refractivity contribution is 0.0695. The summed E-state index contributed by atoms with van der Waals surface area (Å²) in [6.07, 6.45) is 2.75. The van der Waals surface area contributed by atoms with Gasteiger partial charge in [0.2, 0.25) is 0 Å². The lowest BCUT2D eigenvalue weighted by Gasteiger charge is -2.11. The molecule has 0 atom stereocenters. The van der Waals surface area contributed by atoms with Crippen LogP contribution in [-0.2, 0) is 20.0 Å². The van der Waals surface area contributed by atoms with Gasteiger partial charge < -0.3 is 19.6 Å². The zero-order chi connectivity index (χ0) is 19.0. The SMILES string of the molecule is CCc1cc(C(=O)O)c(=O)[nH]c1-c1ccc2c(c1)c(CN(C)C)cn2C. The fourth-order valence-electron chi connectivity index (χ4n) is 3.36. The first-order valence-electron chi connectivity index (χ1n) is 8.54. The summed E-state index contributed by atoms with van der Waals surface area (Å²) in [6, 6.07) is 7.55. The number of carboxylic acids is 1. The second-order valence-electron chi connectivity index (χ2n) is 6.81. The highest BCUT2D eigenvalue weighted by molar-refractivity contribution is 5.90. The number of rotatable bonds is 5. The zero-order valence-corrected chi connectivity index (χ0v) is 15.5. The number of hydrogen-bond acceptors (Lipinski definition) is 3. The second kappa shape index (κ2) is 6.80. The summed E-state index contributed by atoms with van der Waals surface area (Å²) < 4.78 is 2.09. The summed E-state index contributed by atoms with van der Waals surface area (Å²) in [4.78, 5) is 28.3. The topological polar surface area (TPSA) is 78.3 Å². The van der Waals surface area contributed by atoms with Gasteiger partial charge in [0.05, 0.1) is 5.69 Å². The number of carbonyl (C=O) groups is 1. The Morgan fingerprint density at radius 3 is 2.58 bits per heavy atom. The quantitative estimate of drug-likeness (QED) is 0.739. The number of aromatic amines is 1. The molecule has 6 heteroatoms. The summed E-state index contributed by atoms with van der Waals surface area (Å²) in [6.45, 7) is 2.76. The molecular formula is C20H23N3O3. The van der Waals surface area contributed by atoms with Gasteiger partial charge in [-0.2, -0.15) is 0 Å². The maximum atomic E-state index is 12.2. The highest BCUT2D eigenvalue weighted by atomic mass is 16.4. The molecule has 3 aromatic rings. The van der Waals surface area contributed by atoms with Crippen molar-refractivity contribution in [3.63, 3.8) is 0 Å². The lowest BCUT2D eigenvalue weighted by Crippen LogP contribution is -2.19. The van der Waals surface area contributed by atoms with Crippen molar-refractivity contribution >= 4 is 16.9 Å². The van der Waals surface area contributed by atoms with E-state index in [-0.39, 0.29) is 5.56 Å². The third-order valence-electron chi connectivity index (χ3n) is 4.58. The van der Waals surface area contributed by atoms with E-state index in [1.807, 2.05) is 40.2 Å². The molecule has 2 N–H and O–H groups in total. The molecule has 0 fully saturated rings. The number of fused-ring (bicyclic) bond motifs is 1. The Balaban J connectivity index is 2.21. The highest BCUT2D eigenvalue weighted by Crippen LogP contribution is 2.29. The summed E-state index contributed by atoms with van der Waals surface area (Å²) in [5.74, 6) is -1.21. The minimum atomic E-state index is -1.21. The first-order valence-corrected chi connectivity index (χ1v) is 8.54. The lowest BCUT2D eigenvalue weighted by atomic mass is 10.00. The van der Waals surface area contributed by atoms with Crippen LogP contribution < -0.4 is 5.56 Å². The summed E-state index contributed by atoms with van der Waals surface area (Å²) >= 11 is 0. The van der Waals surface area contributed by atoms with E-state index in [0.717, 1.165) is 28.6 Å². The minimum Gasteiger partial charge on any atom is -0.477 e. The predicted octanol–water partition coefficient (Wildman–Crippen LogP) is 2.86. The fraction of sp³-hybridized carbons (Fsp3) is 0.300. The average Bonchev–Trinajstić information content (AvgIpc) is 2.89. The summed E-state index contributed by atoms with van der Waals surface area (Å²) in [7, 11) is 6.07. The van der Waals surface area contributed by atoms with Crippen molar-refractivity contribution in [2.24, 2.45) is 7.05 Å². The van der Waals surface area contributed by atoms with E-state index in [4.69, 9.17) is 0 Å². The number of nitrogens with one attached hydrogen (secondary N) is 1. The molecule has 0 aliphatic carbocycles. The average molecular weight is 353 g/mol. The van der Waals surface area contributed by atoms with Gasteiger partial charge in [-0.15, -0.1) is 0 Å². The molecular weight excluding hydrogens is 330 g/mol. The van der Waals surface area contributed by atoms with E-state index >= 15 is 0 Å². The van der Waals surface area contributed by atoms with Crippen molar-refractivity contribution in [1.82, 2.24) is 14.5 Å². The standard InChI is InChI=1S/C20H23N3O3/c1-5-12-8-16(20(25)26)19(24)21-18(12)13-6-7-17-15(9-13)14(10-22(2)3)11-23(17)4/h6-9,11H,5,10H2,1-4H3,(H,21,24)(H,25,26). The molecule has 136 valence electrons. The number of H-pyrrole nitrogens is 1.